The molecule has 0 spiro atoms. The van der Waals surface area contributed by atoms with Crippen LogP contribution in [0.15, 0.2) is 36.4 Å². The summed E-state index contributed by atoms with van der Waals surface area (Å²) in [6, 6.07) is 13.6. The Kier molecular flexibility index (Phi) is 3.33. The minimum Gasteiger partial charge on any atom is -0.316 e. The summed E-state index contributed by atoms with van der Waals surface area (Å²) in [4.78, 5) is 0. The summed E-state index contributed by atoms with van der Waals surface area (Å²) in [6.07, 6.45) is 3.92. The quantitative estimate of drug-likeness (QED) is 0.842. The molecule has 1 aliphatic heterocycles. The van der Waals surface area contributed by atoms with Crippen molar-refractivity contribution in [3.8, 4) is 0 Å². The Morgan fingerprint density at radius 2 is 1.94 bits per heavy atom. The summed E-state index contributed by atoms with van der Waals surface area (Å²) in [6.45, 7) is 4.54. The maximum Gasteiger partial charge on any atom is -0.00173 e. The molecule has 1 atom stereocenters. The average Bonchev–Trinajstić information content (AvgIpc) is 2.40. The molecular weight excluding hydrogens is 218 g/mol. The molecule has 1 heteroatoms. The minimum atomic E-state index is 0.821. The first-order valence-corrected chi connectivity index (χ1v) is 7.01. The van der Waals surface area contributed by atoms with Crippen LogP contribution in [0.3, 0.4) is 0 Å². The van der Waals surface area contributed by atoms with Crippen molar-refractivity contribution in [1.82, 2.24) is 5.32 Å². The predicted molar refractivity (Wildman–Crippen MR) is 78.0 cm³/mol. The summed E-state index contributed by atoms with van der Waals surface area (Å²) < 4.78 is 0. The van der Waals surface area contributed by atoms with Crippen LogP contribution in [-0.2, 0) is 6.42 Å². The second-order valence-corrected chi connectivity index (χ2v) is 5.60. The Hall–Kier alpha value is -1.34. The standard InChI is InChI=1S/C17H21N/c1-13-4-6-17-11-14(5-7-16(17)9-13)10-15-3-2-8-18-12-15/h4-7,9,11,15,18H,2-3,8,10,12H2,1H3/t15-/m1/s1. The van der Waals surface area contributed by atoms with Crippen molar-refractivity contribution < 1.29 is 0 Å². The highest BCUT2D eigenvalue weighted by molar-refractivity contribution is 5.83. The number of benzene rings is 2. The molecule has 1 aliphatic rings. The molecule has 0 bridgehead atoms. The lowest BCUT2D eigenvalue weighted by molar-refractivity contribution is 0.376. The van der Waals surface area contributed by atoms with Crippen LogP contribution in [0.4, 0.5) is 0 Å². The third-order valence-corrected chi connectivity index (χ3v) is 3.98. The van der Waals surface area contributed by atoms with Gasteiger partial charge in [-0.1, -0.05) is 42.0 Å². The summed E-state index contributed by atoms with van der Waals surface area (Å²) in [5, 5.41) is 6.24. The van der Waals surface area contributed by atoms with Gasteiger partial charge in [0.25, 0.3) is 0 Å². The molecule has 2 aromatic carbocycles. The number of hydrogen-bond acceptors (Lipinski definition) is 1. The number of rotatable bonds is 2. The third-order valence-electron chi connectivity index (χ3n) is 3.98. The highest BCUT2D eigenvalue weighted by Crippen LogP contribution is 2.21. The fourth-order valence-electron chi connectivity index (χ4n) is 2.97. The van der Waals surface area contributed by atoms with Gasteiger partial charge in [0, 0.05) is 0 Å². The molecule has 1 N–H and O–H groups in total. The number of piperidine rings is 1. The van der Waals surface area contributed by atoms with Crippen LogP contribution in [0.1, 0.15) is 24.0 Å². The molecule has 2 aromatic rings. The first kappa shape index (κ1) is 11.7. The molecule has 94 valence electrons. The molecule has 1 saturated heterocycles. The third kappa shape index (κ3) is 2.56. The molecule has 1 heterocycles. The molecule has 0 unspecified atom stereocenters. The largest absolute Gasteiger partial charge is 0.316 e. The first-order valence-electron chi connectivity index (χ1n) is 7.01. The van der Waals surface area contributed by atoms with Crippen molar-refractivity contribution in [3.63, 3.8) is 0 Å². The van der Waals surface area contributed by atoms with E-state index in [1.807, 2.05) is 0 Å². The summed E-state index contributed by atoms with van der Waals surface area (Å²) in [5.41, 5.74) is 2.83. The van der Waals surface area contributed by atoms with Gasteiger partial charge in [-0.15, -0.1) is 0 Å². The molecule has 3 rings (SSSR count). The zero-order chi connectivity index (χ0) is 12.4. The number of fused-ring (bicyclic) bond motifs is 1. The Labute approximate surface area is 109 Å². The van der Waals surface area contributed by atoms with E-state index in [0.29, 0.717) is 0 Å². The molecule has 1 nitrogen and oxygen atoms in total. The highest BCUT2D eigenvalue weighted by atomic mass is 14.9. The Morgan fingerprint density at radius 1 is 1.11 bits per heavy atom. The van der Waals surface area contributed by atoms with Crippen molar-refractivity contribution in [1.29, 1.82) is 0 Å². The van der Waals surface area contributed by atoms with Gasteiger partial charge in [-0.05, 0) is 61.5 Å². The van der Waals surface area contributed by atoms with Gasteiger partial charge in [-0.3, -0.25) is 0 Å². The zero-order valence-corrected chi connectivity index (χ0v) is 11.1. The van der Waals surface area contributed by atoms with Crippen LogP contribution >= 0.6 is 0 Å². The van der Waals surface area contributed by atoms with Crippen molar-refractivity contribution >= 4 is 10.8 Å². The van der Waals surface area contributed by atoms with E-state index in [1.165, 1.54) is 54.3 Å². The van der Waals surface area contributed by atoms with E-state index in [2.05, 4.69) is 48.6 Å². The average molecular weight is 239 g/mol. The Bertz CT molecular complexity index is 538. The van der Waals surface area contributed by atoms with Crippen molar-refractivity contribution in [2.45, 2.75) is 26.2 Å². The van der Waals surface area contributed by atoms with Crippen LogP contribution < -0.4 is 5.32 Å². The smallest absolute Gasteiger partial charge is 0.00173 e. The maximum absolute atomic E-state index is 3.50. The summed E-state index contributed by atoms with van der Waals surface area (Å²) in [5.74, 6) is 0.821. The second kappa shape index (κ2) is 5.11. The fraction of sp³-hybridized carbons (Fsp3) is 0.412. The minimum absolute atomic E-state index is 0.821. The molecule has 0 amide bonds. The summed E-state index contributed by atoms with van der Waals surface area (Å²) >= 11 is 0. The molecule has 1 fully saturated rings. The maximum atomic E-state index is 3.50. The molecule has 0 aliphatic carbocycles. The van der Waals surface area contributed by atoms with Gasteiger partial charge in [-0.25, -0.2) is 0 Å². The van der Waals surface area contributed by atoms with Crippen molar-refractivity contribution in [3.05, 3.63) is 47.5 Å². The van der Waals surface area contributed by atoms with Crippen LogP contribution in [0.5, 0.6) is 0 Å². The van der Waals surface area contributed by atoms with E-state index in [0.717, 1.165) is 5.92 Å². The number of hydrogen-bond donors (Lipinski definition) is 1. The van der Waals surface area contributed by atoms with Gasteiger partial charge in [0.05, 0.1) is 0 Å². The lowest BCUT2D eigenvalue weighted by Crippen LogP contribution is -2.30. The lowest BCUT2D eigenvalue weighted by atomic mass is 9.91. The van der Waals surface area contributed by atoms with Crippen LogP contribution in [0.25, 0.3) is 10.8 Å². The van der Waals surface area contributed by atoms with E-state index < -0.39 is 0 Å². The summed E-state index contributed by atoms with van der Waals surface area (Å²) in [7, 11) is 0. The molecular formula is C17H21N. The van der Waals surface area contributed by atoms with E-state index in [1.54, 1.807) is 0 Å². The van der Waals surface area contributed by atoms with Crippen LogP contribution in [0, 0.1) is 12.8 Å². The fourth-order valence-corrected chi connectivity index (χ4v) is 2.97. The molecule has 0 aromatic heterocycles. The topological polar surface area (TPSA) is 12.0 Å². The Balaban J connectivity index is 1.82. The van der Waals surface area contributed by atoms with Gasteiger partial charge in [0.15, 0.2) is 0 Å². The van der Waals surface area contributed by atoms with E-state index in [4.69, 9.17) is 0 Å². The molecule has 0 radical (unpaired) electrons. The van der Waals surface area contributed by atoms with Crippen molar-refractivity contribution in [2.75, 3.05) is 13.1 Å². The number of aryl methyl sites for hydroxylation is 1. The SMILES string of the molecule is Cc1ccc2cc(C[C@H]3CCCNC3)ccc2c1. The first-order chi connectivity index (χ1) is 8.81. The lowest BCUT2D eigenvalue weighted by Gasteiger charge is -2.22. The second-order valence-electron chi connectivity index (χ2n) is 5.60. The van der Waals surface area contributed by atoms with Crippen LogP contribution in [-0.4, -0.2) is 13.1 Å². The van der Waals surface area contributed by atoms with E-state index >= 15 is 0 Å². The monoisotopic (exact) mass is 239 g/mol. The molecule has 18 heavy (non-hydrogen) atoms. The molecule has 0 saturated carbocycles. The van der Waals surface area contributed by atoms with Crippen LogP contribution in [0.2, 0.25) is 0 Å². The highest BCUT2D eigenvalue weighted by Gasteiger charge is 2.13. The van der Waals surface area contributed by atoms with Gasteiger partial charge in [0.1, 0.15) is 0 Å². The van der Waals surface area contributed by atoms with Gasteiger partial charge in [-0.2, -0.15) is 0 Å². The van der Waals surface area contributed by atoms with Crippen molar-refractivity contribution in [2.24, 2.45) is 5.92 Å². The normalized spacial score (nSPS) is 20.2. The zero-order valence-electron chi connectivity index (χ0n) is 11.1. The van der Waals surface area contributed by atoms with E-state index in [9.17, 15) is 0 Å². The van der Waals surface area contributed by atoms with Gasteiger partial charge < -0.3 is 5.32 Å². The van der Waals surface area contributed by atoms with Gasteiger partial charge >= 0.3 is 0 Å². The number of nitrogens with one attached hydrogen (secondary N) is 1. The van der Waals surface area contributed by atoms with Gasteiger partial charge in [0.2, 0.25) is 0 Å². The van der Waals surface area contributed by atoms with E-state index in [-0.39, 0.29) is 0 Å². The Morgan fingerprint density at radius 3 is 2.78 bits per heavy atom. The predicted octanol–water partition coefficient (Wildman–Crippen LogP) is 3.69.